The molecule has 1 amide bonds. The van der Waals surface area contributed by atoms with Gasteiger partial charge in [0.15, 0.2) is 12.4 Å². The minimum Gasteiger partial charge on any atom is -0.496 e. The number of anilines is 1. The van der Waals surface area contributed by atoms with Gasteiger partial charge in [-0.25, -0.2) is 0 Å². The highest BCUT2D eigenvalue weighted by atomic mass is 16.6. The van der Waals surface area contributed by atoms with Gasteiger partial charge in [0.25, 0.3) is 5.91 Å². The van der Waals surface area contributed by atoms with Crippen molar-refractivity contribution in [1.82, 2.24) is 0 Å². The molecule has 0 aliphatic carbocycles. The fourth-order valence-corrected chi connectivity index (χ4v) is 2.42. The zero-order valence-electron chi connectivity index (χ0n) is 14.3. The van der Waals surface area contributed by atoms with Crippen LogP contribution < -0.4 is 14.4 Å². The van der Waals surface area contributed by atoms with Crippen molar-refractivity contribution in [1.29, 1.82) is 0 Å². The summed E-state index contributed by atoms with van der Waals surface area (Å²) < 4.78 is 10.4. The maximum absolute atomic E-state index is 12.6. The zero-order valence-corrected chi connectivity index (χ0v) is 14.3. The number of hydrogen-bond donors (Lipinski definition) is 0. The van der Waals surface area contributed by atoms with E-state index in [1.165, 1.54) is 19.2 Å². The van der Waals surface area contributed by atoms with Gasteiger partial charge in [0.05, 0.1) is 18.1 Å². The van der Waals surface area contributed by atoms with E-state index in [0.29, 0.717) is 5.75 Å². The number of ether oxygens (including phenoxy) is 2. The molecule has 2 aromatic carbocycles. The van der Waals surface area contributed by atoms with Gasteiger partial charge in [0, 0.05) is 11.7 Å². The first-order valence-corrected chi connectivity index (χ1v) is 7.76. The van der Waals surface area contributed by atoms with Crippen LogP contribution in [0.1, 0.15) is 13.8 Å². The van der Waals surface area contributed by atoms with Crippen LogP contribution in [0.3, 0.4) is 0 Å². The van der Waals surface area contributed by atoms with Gasteiger partial charge in [-0.05, 0) is 38.1 Å². The number of nitrogens with zero attached hydrogens (tertiary/aromatic N) is 2. The fraction of sp³-hybridized carbons (Fsp3) is 0.278. The number of nitro groups is 1. The van der Waals surface area contributed by atoms with Crippen LogP contribution >= 0.6 is 0 Å². The smallest absolute Gasteiger partial charge is 0.314 e. The molecule has 0 unspecified atom stereocenters. The minimum atomic E-state index is -0.570. The number of benzene rings is 2. The first-order chi connectivity index (χ1) is 11.9. The van der Waals surface area contributed by atoms with Crippen LogP contribution in [0.5, 0.6) is 11.5 Å². The second-order valence-corrected chi connectivity index (χ2v) is 5.57. The molecule has 0 N–H and O–H groups in total. The lowest BCUT2D eigenvalue weighted by Gasteiger charge is -2.26. The van der Waals surface area contributed by atoms with Gasteiger partial charge < -0.3 is 14.4 Å². The number of nitro benzene ring substituents is 1. The van der Waals surface area contributed by atoms with Crippen LogP contribution in [-0.2, 0) is 4.79 Å². The Labute approximate surface area is 145 Å². The standard InChI is InChI=1S/C18H20N2O5/c1-13(2)19(14-7-5-4-6-8-14)18(21)12-25-17-10-9-15(24-3)11-16(17)20(22)23/h4-11,13H,12H2,1-3H3. The number of carbonyl (C=O) groups is 1. The average molecular weight is 344 g/mol. The molecule has 0 aromatic heterocycles. The summed E-state index contributed by atoms with van der Waals surface area (Å²) in [7, 11) is 1.42. The maximum Gasteiger partial charge on any atom is 0.314 e. The molecule has 0 bridgehead atoms. The monoisotopic (exact) mass is 344 g/mol. The predicted octanol–water partition coefficient (Wildman–Crippen LogP) is 3.42. The van der Waals surface area contributed by atoms with E-state index in [-0.39, 0.29) is 30.0 Å². The lowest BCUT2D eigenvalue weighted by molar-refractivity contribution is -0.385. The van der Waals surface area contributed by atoms with E-state index >= 15 is 0 Å². The van der Waals surface area contributed by atoms with Crippen molar-refractivity contribution in [3.8, 4) is 11.5 Å². The van der Waals surface area contributed by atoms with Gasteiger partial charge in [-0.2, -0.15) is 0 Å². The Kier molecular flexibility index (Phi) is 5.94. The number of carbonyl (C=O) groups excluding carboxylic acids is 1. The molecule has 0 spiro atoms. The highest BCUT2D eigenvalue weighted by Gasteiger charge is 2.22. The summed E-state index contributed by atoms with van der Waals surface area (Å²) in [5, 5.41) is 11.2. The molecular formula is C18H20N2O5. The molecule has 0 atom stereocenters. The molecule has 0 aliphatic rings. The quantitative estimate of drug-likeness (QED) is 0.568. The summed E-state index contributed by atoms with van der Waals surface area (Å²) in [6.45, 7) is 3.47. The van der Waals surface area contributed by atoms with Crippen LogP contribution in [0.4, 0.5) is 11.4 Å². The van der Waals surface area contributed by atoms with E-state index in [0.717, 1.165) is 5.69 Å². The molecular weight excluding hydrogens is 324 g/mol. The van der Waals surface area contributed by atoms with Gasteiger partial charge >= 0.3 is 5.69 Å². The second-order valence-electron chi connectivity index (χ2n) is 5.57. The van der Waals surface area contributed by atoms with Crippen molar-refractivity contribution in [2.24, 2.45) is 0 Å². The number of rotatable bonds is 7. The first kappa shape index (κ1) is 18.3. The Morgan fingerprint density at radius 1 is 1.20 bits per heavy atom. The van der Waals surface area contributed by atoms with E-state index in [4.69, 9.17) is 9.47 Å². The summed E-state index contributed by atoms with van der Waals surface area (Å²) >= 11 is 0. The Morgan fingerprint density at radius 3 is 2.44 bits per heavy atom. The maximum atomic E-state index is 12.6. The van der Waals surface area contributed by atoms with Crippen molar-refractivity contribution in [2.75, 3.05) is 18.6 Å². The van der Waals surface area contributed by atoms with Crippen molar-refractivity contribution in [3.05, 3.63) is 58.6 Å². The third-order valence-electron chi connectivity index (χ3n) is 3.53. The molecule has 7 heteroatoms. The summed E-state index contributed by atoms with van der Waals surface area (Å²) in [5.74, 6) is 0.0840. The third-order valence-corrected chi connectivity index (χ3v) is 3.53. The lowest BCUT2D eigenvalue weighted by atomic mass is 10.2. The largest absolute Gasteiger partial charge is 0.496 e. The summed E-state index contributed by atoms with van der Waals surface area (Å²) in [4.78, 5) is 24.8. The van der Waals surface area contributed by atoms with Crippen molar-refractivity contribution in [2.45, 2.75) is 19.9 Å². The number of methoxy groups -OCH3 is 1. The molecule has 132 valence electrons. The molecule has 7 nitrogen and oxygen atoms in total. The molecule has 25 heavy (non-hydrogen) atoms. The molecule has 0 heterocycles. The Hall–Kier alpha value is -3.09. The highest BCUT2D eigenvalue weighted by Crippen LogP contribution is 2.31. The molecule has 0 fully saturated rings. The summed E-state index contributed by atoms with van der Waals surface area (Å²) in [5.41, 5.74) is 0.498. The van der Waals surface area contributed by atoms with Gasteiger partial charge in [-0.3, -0.25) is 14.9 Å². The van der Waals surface area contributed by atoms with Crippen LogP contribution in [0, 0.1) is 10.1 Å². The zero-order chi connectivity index (χ0) is 18.4. The average Bonchev–Trinajstić information content (AvgIpc) is 2.60. The SMILES string of the molecule is COc1ccc(OCC(=O)N(c2ccccc2)C(C)C)c([N+](=O)[O-])c1. The number of hydrogen-bond acceptors (Lipinski definition) is 5. The van der Waals surface area contributed by atoms with Gasteiger partial charge in [-0.15, -0.1) is 0 Å². The van der Waals surface area contributed by atoms with E-state index in [2.05, 4.69) is 0 Å². The fourth-order valence-electron chi connectivity index (χ4n) is 2.42. The van der Waals surface area contributed by atoms with E-state index in [9.17, 15) is 14.9 Å². The molecule has 0 aliphatic heterocycles. The summed E-state index contributed by atoms with van der Waals surface area (Å²) in [6.07, 6.45) is 0. The van der Waals surface area contributed by atoms with Crippen LogP contribution in [0.15, 0.2) is 48.5 Å². The minimum absolute atomic E-state index is 0.0240. The lowest BCUT2D eigenvalue weighted by Crippen LogP contribution is -2.40. The molecule has 0 saturated heterocycles. The Bertz CT molecular complexity index is 746. The molecule has 0 radical (unpaired) electrons. The highest BCUT2D eigenvalue weighted by molar-refractivity contribution is 5.95. The van der Waals surface area contributed by atoms with Gasteiger partial charge in [0.1, 0.15) is 5.75 Å². The Balaban J connectivity index is 2.17. The van der Waals surface area contributed by atoms with E-state index < -0.39 is 4.92 Å². The van der Waals surface area contributed by atoms with Crippen LogP contribution in [0.25, 0.3) is 0 Å². The number of amides is 1. The van der Waals surface area contributed by atoms with Crippen LogP contribution in [0.2, 0.25) is 0 Å². The second kappa shape index (κ2) is 8.14. The van der Waals surface area contributed by atoms with Crippen molar-refractivity contribution in [3.63, 3.8) is 0 Å². The van der Waals surface area contributed by atoms with Gasteiger partial charge in [-0.1, -0.05) is 18.2 Å². The normalized spacial score (nSPS) is 10.4. The summed E-state index contributed by atoms with van der Waals surface area (Å²) in [6, 6.07) is 13.4. The van der Waals surface area contributed by atoms with Crippen molar-refractivity contribution < 1.29 is 19.2 Å². The van der Waals surface area contributed by atoms with E-state index in [1.54, 1.807) is 11.0 Å². The molecule has 2 rings (SSSR count). The number of para-hydroxylation sites is 1. The van der Waals surface area contributed by atoms with Gasteiger partial charge in [0.2, 0.25) is 0 Å². The Morgan fingerprint density at radius 2 is 1.88 bits per heavy atom. The topological polar surface area (TPSA) is 81.9 Å². The molecule has 2 aromatic rings. The van der Waals surface area contributed by atoms with E-state index in [1.807, 2.05) is 44.2 Å². The first-order valence-electron chi connectivity index (χ1n) is 7.76. The molecule has 0 saturated carbocycles. The predicted molar refractivity (Wildman–Crippen MR) is 94.2 cm³/mol. The third kappa shape index (κ3) is 4.47. The van der Waals surface area contributed by atoms with Crippen LogP contribution in [-0.4, -0.2) is 30.6 Å². The van der Waals surface area contributed by atoms with Crippen molar-refractivity contribution >= 4 is 17.3 Å².